The van der Waals surface area contributed by atoms with E-state index in [1.165, 1.54) is 18.3 Å². The summed E-state index contributed by atoms with van der Waals surface area (Å²) in [6.07, 6.45) is -2.63. The van der Waals surface area contributed by atoms with Gasteiger partial charge < -0.3 is 5.32 Å². The van der Waals surface area contributed by atoms with E-state index in [1.807, 2.05) is 6.92 Å². The van der Waals surface area contributed by atoms with E-state index in [0.29, 0.717) is 6.54 Å². The molecule has 0 spiro atoms. The molecule has 0 radical (unpaired) electrons. The van der Waals surface area contributed by atoms with Crippen molar-refractivity contribution in [1.82, 2.24) is 9.29 Å². The van der Waals surface area contributed by atoms with E-state index in [1.54, 1.807) is 0 Å². The fourth-order valence-corrected chi connectivity index (χ4v) is 2.70. The molecule has 114 valence electrons. The number of sulfonamides is 1. The lowest BCUT2D eigenvalue weighted by molar-refractivity contribution is -0.134. The third kappa shape index (κ3) is 4.34. The number of aromatic nitrogens is 1. The van der Waals surface area contributed by atoms with Crippen molar-refractivity contribution in [1.29, 1.82) is 0 Å². The van der Waals surface area contributed by atoms with Crippen LogP contribution in [0.3, 0.4) is 0 Å². The first kappa shape index (κ1) is 16.7. The van der Waals surface area contributed by atoms with Crippen molar-refractivity contribution in [2.75, 3.05) is 25.5 Å². The molecule has 20 heavy (non-hydrogen) atoms. The Labute approximate surface area is 115 Å². The normalized spacial score (nSPS) is 12.7. The molecule has 1 aromatic rings. The maximum Gasteiger partial charge on any atom is 0.402 e. The number of nitrogens with one attached hydrogen (secondary N) is 1. The van der Waals surface area contributed by atoms with Crippen molar-refractivity contribution in [2.24, 2.45) is 0 Å². The predicted molar refractivity (Wildman–Crippen MR) is 68.9 cm³/mol. The molecule has 0 aliphatic carbocycles. The molecule has 0 unspecified atom stereocenters. The number of rotatable bonds is 6. The lowest BCUT2D eigenvalue weighted by Gasteiger charge is -2.20. The quantitative estimate of drug-likeness (QED) is 0.874. The zero-order valence-corrected chi connectivity index (χ0v) is 11.9. The topological polar surface area (TPSA) is 62.3 Å². The van der Waals surface area contributed by atoms with Gasteiger partial charge in [0, 0.05) is 19.8 Å². The highest BCUT2D eigenvalue weighted by Gasteiger charge is 2.36. The van der Waals surface area contributed by atoms with Gasteiger partial charge in [0.25, 0.3) is 10.0 Å². The van der Waals surface area contributed by atoms with E-state index in [0.717, 1.165) is 13.5 Å². The summed E-state index contributed by atoms with van der Waals surface area (Å²) in [5, 5.41) is 2.43. The number of halogens is 3. The summed E-state index contributed by atoms with van der Waals surface area (Å²) in [6, 6.07) is 2.98. The molecule has 0 amide bonds. The Hall–Kier alpha value is -1.35. The summed E-state index contributed by atoms with van der Waals surface area (Å²) in [6.45, 7) is 0.823. The van der Waals surface area contributed by atoms with Crippen LogP contribution in [0, 0.1) is 0 Å². The van der Waals surface area contributed by atoms with E-state index in [9.17, 15) is 21.6 Å². The van der Waals surface area contributed by atoms with Crippen LogP contribution >= 0.6 is 0 Å². The summed E-state index contributed by atoms with van der Waals surface area (Å²) < 4.78 is 61.4. The van der Waals surface area contributed by atoms with Gasteiger partial charge in [-0.2, -0.15) is 17.5 Å². The minimum atomic E-state index is -4.60. The molecule has 0 saturated carbocycles. The first-order chi connectivity index (χ1) is 9.18. The van der Waals surface area contributed by atoms with Crippen LogP contribution in [0.25, 0.3) is 0 Å². The lowest BCUT2D eigenvalue weighted by atomic mass is 10.4. The van der Waals surface area contributed by atoms with Gasteiger partial charge in [-0.1, -0.05) is 6.92 Å². The Morgan fingerprint density at radius 1 is 1.40 bits per heavy atom. The van der Waals surface area contributed by atoms with Gasteiger partial charge >= 0.3 is 6.18 Å². The van der Waals surface area contributed by atoms with Gasteiger partial charge in [0.1, 0.15) is 6.54 Å². The number of pyridine rings is 1. The van der Waals surface area contributed by atoms with Gasteiger partial charge in [0.15, 0.2) is 5.03 Å². The molecule has 0 bridgehead atoms. The van der Waals surface area contributed by atoms with E-state index >= 15 is 0 Å². The largest absolute Gasteiger partial charge is 0.402 e. The molecule has 1 rings (SSSR count). The van der Waals surface area contributed by atoms with Crippen LogP contribution in [0.5, 0.6) is 0 Å². The molecule has 5 nitrogen and oxygen atoms in total. The van der Waals surface area contributed by atoms with Crippen molar-refractivity contribution in [3.63, 3.8) is 0 Å². The van der Waals surface area contributed by atoms with Crippen LogP contribution < -0.4 is 5.32 Å². The Balaban J connectivity index is 3.09. The van der Waals surface area contributed by atoms with Crippen LogP contribution in [0.1, 0.15) is 13.3 Å². The summed E-state index contributed by atoms with van der Waals surface area (Å²) in [7, 11) is -3.42. The SMILES string of the molecule is CCCNc1cccnc1S(=O)(=O)N(C)CC(F)(F)F. The lowest BCUT2D eigenvalue weighted by Crippen LogP contribution is -2.36. The molecule has 1 N–H and O–H groups in total. The molecular weight excluding hydrogens is 295 g/mol. The molecule has 0 atom stereocenters. The van der Waals surface area contributed by atoms with E-state index in [2.05, 4.69) is 10.3 Å². The first-order valence-corrected chi connectivity index (χ1v) is 7.34. The Morgan fingerprint density at radius 2 is 2.05 bits per heavy atom. The second kappa shape index (κ2) is 6.40. The van der Waals surface area contributed by atoms with Crippen LogP contribution in [-0.4, -0.2) is 44.0 Å². The second-order valence-corrected chi connectivity index (χ2v) is 6.12. The highest BCUT2D eigenvalue weighted by atomic mass is 32.2. The minimum absolute atomic E-state index is 0.198. The van der Waals surface area contributed by atoms with Crippen LogP contribution in [0.2, 0.25) is 0 Å². The minimum Gasteiger partial charge on any atom is -0.383 e. The summed E-state index contributed by atoms with van der Waals surface area (Å²) >= 11 is 0. The van der Waals surface area contributed by atoms with Crippen molar-refractivity contribution in [2.45, 2.75) is 24.5 Å². The molecule has 0 aliphatic heterocycles. The van der Waals surface area contributed by atoms with Crippen LogP contribution in [0.15, 0.2) is 23.4 Å². The van der Waals surface area contributed by atoms with Crippen molar-refractivity contribution < 1.29 is 21.6 Å². The molecule has 0 aliphatic rings. The zero-order chi connectivity index (χ0) is 15.4. The molecular formula is C11H16F3N3O2S. The van der Waals surface area contributed by atoms with E-state index in [-0.39, 0.29) is 9.99 Å². The van der Waals surface area contributed by atoms with E-state index in [4.69, 9.17) is 0 Å². The van der Waals surface area contributed by atoms with Crippen LogP contribution in [0.4, 0.5) is 18.9 Å². The average molecular weight is 311 g/mol. The number of anilines is 1. The second-order valence-electron chi connectivity index (χ2n) is 4.16. The molecule has 0 fully saturated rings. The number of hydrogen-bond donors (Lipinski definition) is 1. The third-order valence-corrected chi connectivity index (χ3v) is 4.16. The first-order valence-electron chi connectivity index (χ1n) is 5.90. The average Bonchev–Trinajstić information content (AvgIpc) is 2.34. The summed E-state index contributed by atoms with van der Waals surface area (Å²) in [5.74, 6) is 0. The van der Waals surface area contributed by atoms with Crippen molar-refractivity contribution >= 4 is 15.7 Å². The molecule has 0 saturated heterocycles. The highest BCUT2D eigenvalue weighted by molar-refractivity contribution is 7.89. The van der Waals surface area contributed by atoms with Crippen molar-refractivity contribution in [3.8, 4) is 0 Å². The molecule has 1 aromatic heterocycles. The predicted octanol–water partition coefficient (Wildman–Crippen LogP) is 2.09. The smallest absolute Gasteiger partial charge is 0.383 e. The fourth-order valence-electron chi connectivity index (χ4n) is 1.48. The van der Waals surface area contributed by atoms with Gasteiger partial charge in [-0.05, 0) is 18.6 Å². The Bertz CT molecular complexity index is 546. The molecule has 0 aromatic carbocycles. The van der Waals surface area contributed by atoms with Gasteiger partial charge in [-0.15, -0.1) is 0 Å². The fraction of sp³-hybridized carbons (Fsp3) is 0.545. The number of alkyl halides is 3. The molecule has 9 heteroatoms. The maximum atomic E-state index is 12.3. The van der Waals surface area contributed by atoms with Gasteiger partial charge in [0.2, 0.25) is 0 Å². The van der Waals surface area contributed by atoms with Gasteiger partial charge in [-0.3, -0.25) is 0 Å². The Kier molecular flexibility index (Phi) is 5.35. The third-order valence-electron chi connectivity index (χ3n) is 2.39. The monoisotopic (exact) mass is 311 g/mol. The van der Waals surface area contributed by atoms with Gasteiger partial charge in [0.05, 0.1) is 5.69 Å². The van der Waals surface area contributed by atoms with E-state index < -0.39 is 27.8 Å². The van der Waals surface area contributed by atoms with Crippen LogP contribution in [-0.2, 0) is 10.0 Å². The Morgan fingerprint density at radius 3 is 2.60 bits per heavy atom. The highest BCUT2D eigenvalue weighted by Crippen LogP contribution is 2.24. The summed E-state index contributed by atoms with van der Waals surface area (Å²) in [5.41, 5.74) is 0.198. The zero-order valence-electron chi connectivity index (χ0n) is 11.1. The summed E-state index contributed by atoms with van der Waals surface area (Å²) in [4.78, 5) is 3.69. The maximum absolute atomic E-state index is 12.3. The standard InChI is InChI=1S/C11H16F3N3O2S/c1-3-6-15-9-5-4-7-16-10(9)20(18,19)17(2)8-11(12,13)14/h4-5,7,15H,3,6,8H2,1-2H3. The number of hydrogen-bond acceptors (Lipinski definition) is 4. The van der Waals surface area contributed by atoms with Gasteiger partial charge in [-0.25, -0.2) is 13.4 Å². The van der Waals surface area contributed by atoms with Crippen molar-refractivity contribution in [3.05, 3.63) is 18.3 Å². The number of nitrogens with zero attached hydrogens (tertiary/aromatic N) is 2. The molecule has 1 heterocycles.